The molecule has 0 saturated carbocycles. The van der Waals surface area contributed by atoms with Gasteiger partial charge in [0.25, 0.3) is 0 Å². The molecule has 2 aromatic carbocycles. The van der Waals surface area contributed by atoms with E-state index in [9.17, 15) is 9.59 Å². The topological polar surface area (TPSA) is 118 Å². The van der Waals surface area contributed by atoms with E-state index in [-0.39, 0.29) is 11.8 Å². The molecule has 8 heteroatoms. The van der Waals surface area contributed by atoms with Crippen molar-refractivity contribution in [2.45, 2.75) is 39.5 Å². The van der Waals surface area contributed by atoms with Crippen LogP contribution in [0.4, 0.5) is 0 Å². The molecule has 0 spiro atoms. The minimum absolute atomic E-state index is 0.225. The smallest absolute Gasteiger partial charge is 0.344 e. The van der Waals surface area contributed by atoms with Crippen molar-refractivity contribution in [2.24, 2.45) is 0 Å². The average Bonchev–Trinajstić information content (AvgIpc) is 3.48. The molecule has 0 aliphatic carbocycles. The third-order valence-electron chi connectivity index (χ3n) is 6.21. The second-order valence-corrected chi connectivity index (χ2v) is 9.25. The van der Waals surface area contributed by atoms with Gasteiger partial charge in [0, 0.05) is 33.7 Å². The van der Waals surface area contributed by atoms with Crippen LogP contribution in [0.3, 0.4) is 0 Å². The Kier molecular flexibility index (Phi) is 4.29. The second kappa shape index (κ2) is 7.15. The number of imidazole rings is 2. The van der Waals surface area contributed by atoms with Crippen molar-refractivity contribution in [3.8, 4) is 22.5 Å². The van der Waals surface area contributed by atoms with E-state index < -0.39 is 11.3 Å². The van der Waals surface area contributed by atoms with Gasteiger partial charge in [0.05, 0.1) is 34.6 Å². The first-order chi connectivity index (χ1) is 16.3. The molecule has 2 N–H and O–H groups in total. The quantitative estimate of drug-likeness (QED) is 0.268. The summed E-state index contributed by atoms with van der Waals surface area (Å²) < 4.78 is 11.4. The first-order valence-corrected chi connectivity index (χ1v) is 11.2. The molecule has 8 nitrogen and oxygen atoms in total. The Morgan fingerprint density at radius 3 is 1.44 bits per heavy atom. The number of hydrogen-bond acceptors (Lipinski definition) is 6. The summed E-state index contributed by atoms with van der Waals surface area (Å²) in [6.07, 6.45) is 3.42. The number of aromatic amines is 2. The van der Waals surface area contributed by atoms with E-state index >= 15 is 0 Å². The monoisotopic (exact) mass is 454 g/mol. The van der Waals surface area contributed by atoms with Gasteiger partial charge in [-0.3, -0.25) is 0 Å². The van der Waals surface area contributed by atoms with Crippen molar-refractivity contribution in [3.63, 3.8) is 0 Å². The zero-order chi connectivity index (χ0) is 23.7. The van der Waals surface area contributed by atoms with Crippen LogP contribution < -0.4 is 11.3 Å². The summed E-state index contributed by atoms with van der Waals surface area (Å²) in [6, 6.07) is 7.03. The van der Waals surface area contributed by atoms with Gasteiger partial charge in [-0.05, 0) is 24.3 Å². The largest absolute Gasteiger partial charge is 0.422 e. The molecule has 0 bridgehead atoms. The number of aromatic nitrogens is 4. The SMILES string of the molecule is CC(C)c1ncc(-c2cc3oc(=O)c4cc(-c5cnc(C(C)C)[nH]5)cc5oc(=O)c(c2)c3c54)[nH]1. The van der Waals surface area contributed by atoms with Gasteiger partial charge in [-0.15, -0.1) is 0 Å². The predicted octanol–water partition coefficient (Wildman–Crippen LogP) is 5.52. The lowest BCUT2D eigenvalue weighted by Gasteiger charge is -2.10. The molecule has 0 saturated heterocycles. The van der Waals surface area contributed by atoms with Gasteiger partial charge >= 0.3 is 11.3 Å². The lowest BCUT2D eigenvalue weighted by molar-refractivity contribution is 0.560. The standard InChI is InChI=1S/C26H22N4O4/c1-11(2)23-27-9-17(29-23)13-5-15-21-19(7-13)33-26(32)16-6-14(8-20(22(16)21)34-25(15)31)18-10-28-24(30-18)12(3)4/h5-12H,1-4H3,(H,27,29)(H,28,30). The number of nitrogens with zero attached hydrogens (tertiary/aromatic N) is 2. The van der Waals surface area contributed by atoms with Crippen LogP contribution >= 0.6 is 0 Å². The van der Waals surface area contributed by atoms with Gasteiger partial charge in [0.2, 0.25) is 0 Å². The molecule has 0 amide bonds. The Bertz CT molecular complexity index is 1680. The van der Waals surface area contributed by atoms with Crippen LogP contribution in [0.15, 0.2) is 55.1 Å². The van der Waals surface area contributed by atoms with Gasteiger partial charge < -0.3 is 18.8 Å². The highest BCUT2D eigenvalue weighted by Gasteiger charge is 2.21. The fourth-order valence-corrected chi connectivity index (χ4v) is 4.40. The molecule has 0 aliphatic rings. The third kappa shape index (κ3) is 2.98. The van der Waals surface area contributed by atoms with Crippen molar-refractivity contribution < 1.29 is 8.83 Å². The summed E-state index contributed by atoms with van der Waals surface area (Å²) in [5.74, 6) is 2.12. The van der Waals surface area contributed by atoms with E-state index in [2.05, 4.69) is 19.9 Å². The number of rotatable bonds is 4. The van der Waals surface area contributed by atoms with Crippen molar-refractivity contribution in [1.29, 1.82) is 0 Å². The number of nitrogens with one attached hydrogen (secondary N) is 2. The molecule has 0 atom stereocenters. The van der Waals surface area contributed by atoms with E-state index in [1.807, 2.05) is 27.7 Å². The van der Waals surface area contributed by atoms with E-state index in [0.29, 0.717) is 43.8 Å². The number of benzene rings is 2. The minimum atomic E-state index is -0.497. The Balaban J connectivity index is 1.63. The van der Waals surface area contributed by atoms with Crippen molar-refractivity contribution in [1.82, 2.24) is 19.9 Å². The maximum absolute atomic E-state index is 13.0. The summed E-state index contributed by atoms with van der Waals surface area (Å²) in [6.45, 7) is 8.16. The van der Waals surface area contributed by atoms with E-state index in [0.717, 1.165) is 23.0 Å². The van der Waals surface area contributed by atoms with Crippen LogP contribution in [0.1, 0.15) is 51.2 Å². The fraction of sp³-hybridized carbons (Fsp3) is 0.231. The molecule has 0 aliphatic heterocycles. The Morgan fingerprint density at radius 1 is 0.676 bits per heavy atom. The zero-order valence-corrected chi connectivity index (χ0v) is 19.1. The predicted molar refractivity (Wildman–Crippen MR) is 131 cm³/mol. The molecular weight excluding hydrogens is 432 g/mol. The summed E-state index contributed by atoms with van der Waals surface area (Å²) in [5.41, 5.74) is 2.53. The molecule has 6 aromatic rings. The summed E-state index contributed by atoms with van der Waals surface area (Å²) in [7, 11) is 0. The van der Waals surface area contributed by atoms with E-state index in [1.165, 1.54) is 0 Å². The molecular formula is C26H22N4O4. The van der Waals surface area contributed by atoms with Crippen LogP contribution in [-0.2, 0) is 0 Å². The summed E-state index contributed by atoms with van der Waals surface area (Å²) >= 11 is 0. The van der Waals surface area contributed by atoms with Crippen LogP contribution in [-0.4, -0.2) is 19.9 Å². The summed E-state index contributed by atoms with van der Waals surface area (Å²) in [4.78, 5) is 41.4. The highest BCUT2D eigenvalue weighted by atomic mass is 16.4. The Labute approximate surface area is 193 Å². The third-order valence-corrected chi connectivity index (χ3v) is 6.21. The molecule has 0 radical (unpaired) electrons. The van der Waals surface area contributed by atoms with Gasteiger partial charge in [-0.25, -0.2) is 19.6 Å². The van der Waals surface area contributed by atoms with Gasteiger partial charge in [0.15, 0.2) is 0 Å². The molecule has 34 heavy (non-hydrogen) atoms. The zero-order valence-electron chi connectivity index (χ0n) is 19.1. The molecule has 4 heterocycles. The first kappa shape index (κ1) is 20.4. The first-order valence-electron chi connectivity index (χ1n) is 11.2. The van der Waals surface area contributed by atoms with E-state index in [4.69, 9.17) is 8.83 Å². The highest BCUT2D eigenvalue weighted by Crippen LogP contribution is 2.36. The van der Waals surface area contributed by atoms with Gasteiger partial charge in [-0.2, -0.15) is 0 Å². The lowest BCUT2D eigenvalue weighted by atomic mass is 9.98. The molecule has 6 rings (SSSR count). The average molecular weight is 454 g/mol. The van der Waals surface area contributed by atoms with Crippen LogP contribution in [0, 0.1) is 0 Å². The van der Waals surface area contributed by atoms with Crippen molar-refractivity contribution in [2.75, 3.05) is 0 Å². The minimum Gasteiger partial charge on any atom is -0.422 e. The molecule has 4 aromatic heterocycles. The lowest BCUT2D eigenvalue weighted by Crippen LogP contribution is -2.07. The molecule has 0 fully saturated rings. The van der Waals surface area contributed by atoms with Crippen LogP contribution in [0.5, 0.6) is 0 Å². The maximum Gasteiger partial charge on any atom is 0.344 e. The van der Waals surface area contributed by atoms with Crippen molar-refractivity contribution in [3.05, 3.63) is 69.1 Å². The maximum atomic E-state index is 13.0. The second-order valence-electron chi connectivity index (χ2n) is 9.25. The number of hydrogen-bond donors (Lipinski definition) is 2. The van der Waals surface area contributed by atoms with Crippen molar-refractivity contribution >= 4 is 32.7 Å². The van der Waals surface area contributed by atoms with Gasteiger partial charge in [-0.1, -0.05) is 27.7 Å². The Morgan fingerprint density at radius 2 is 1.09 bits per heavy atom. The van der Waals surface area contributed by atoms with Crippen LogP contribution in [0.2, 0.25) is 0 Å². The fourth-order valence-electron chi connectivity index (χ4n) is 4.40. The van der Waals surface area contributed by atoms with Gasteiger partial charge in [0.1, 0.15) is 22.8 Å². The van der Waals surface area contributed by atoms with Crippen LogP contribution in [0.25, 0.3) is 55.2 Å². The normalized spacial score (nSPS) is 12.3. The van der Waals surface area contributed by atoms with E-state index in [1.54, 1.807) is 36.7 Å². The Hall–Kier alpha value is -4.20. The highest BCUT2D eigenvalue weighted by molar-refractivity contribution is 6.20. The number of H-pyrrole nitrogens is 2. The summed E-state index contributed by atoms with van der Waals surface area (Å²) in [5, 5.41) is 1.86. The molecule has 0 unspecified atom stereocenters. The molecule has 170 valence electrons.